The minimum Gasteiger partial charge on any atom is -0.480 e. The lowest BCUT2D eigenvalue weighted by Gasteiger charge is -2.29. The van der Waals surface area contributed by atoms with Gasteiger partial charge in [0.1, 0.15) is 5.41 Å². The largest absolute Gasteiger partial charge is 0.480 e. The second-order valence-corrected chi connectivity index (χ2v) is 5.18. The number of hydrogen-bond acceptors (Lipinski definition) is 2. The number of carboxylic acid groups (broad SMARTS) is 1. The molecule has 0 aromatic rings. The topological polar surface area (TPSA) is 57.6 Å². The summed E-state index contributed by atoms with van der Waals surface area (Å²) in [5, 5.41) is 9.06. The Morgan fingerprint density at radius 2 is 2.00 bits per heavy atom. The summed E-state index contributed by atoms with van der Waals surface area (Å²) in [6.45, 7) is 0.804. The molecule has 82 valence electrons. The van der Waals surface area contributed by atoms with Gasteiger partial charge in [-0.05, 0) is 38.0 Å². The highest BCUT2D eigenvalue weighted by molar-refractivity contribution is 6.05. The molecule has 1 N–H and O–H groups in total. The Kier molecular flexibility index (Phi) is 1.68. The van der Waals surface area contributed by atoms with Crippen molar-refractivity contribution in [1.82, 2.24) is 4.90 Å². The Morgan fingerprint density at radius 1 is 1.27 bits per heavy atom. The zero-order valence-electron chi connectivity index (χ0n) is 8.61. The molecule has 4 nitrogen and oxygen atoms in total. The highest BCUT2D eigenvalue weighted by Crippen LogP contribution is 2.50. The molecule has 1 saturated heterocycles. The second kappa shape index (κ2) is 2.74. The molecule has 0 radical (unpaired) electrons. The SMILES string of the molecule is O=C(O)C1(C(=O)N2CC3CCC2C3)CC1. The van der Waals surface area contributed by atoms with E-state index in [0.717, 1.165) is 19.4 Å². The van der Waals surface area contributed by atoms with Crippen molar-refractivity contribution in [2.75, 3.05) is 6.54 Å². The van der Waals surface area contributed by atoms with Crippen LogP contribution in [0.2, 0.25) is 0 Å². The van der Waals surface area contributed by atoms with Crippen LogP contribution in [0.4, 0.5) is 0 Å². The fourth-order valence-corrected chi connectivity index (χ4v) is 3.09. The van der Waals surface area contributed by atoms with E-state index in [9.17, 15) is 9.59 Å². The van der Waals surface area contributed by atoms with Gasteiger partial charge in [0.25, 0.3) is 0 Å². The molecule has 4 heteroatoms. The zero-order chi connectivity index (χ0) is 10.6. The highest BCUT2D eigenvalue weighted by atomic mass is 16.4. The van der Waals surface area contributed by atoms with Crippen LogP contribution < -0.4 is 0 Å². The van der Waals surface area contributed by atoms with Crippen LogP contribution in [0.15, 0.2) is 0 Å². The maximum atomic E-state index is 12.1. The fraction of sp³-hybridized carbons (Fsp3) is 0.818. The van der Waals surface area contributed by atoms with Crippen LogP contribution in [0.3, 0.4) is 0 Å². The number of carboxylic acids is 1. The molecule has 0 spiro atoms. The van der Waals surface area contributed by atoms with Crippen molar-refractivity contribution in [1.29, 1.82) is 0 Å². The van der Waals surface area contributed by atoms with Gasteiger partial charge in [0.2, 0.25) is 5.91 Å². The van der Waals surface area contributed by atoms with Gasteiger partial charge in [-0.25, -0.2) is 0 Å². The van der Waals surface area contributed by atoms with Gasteiger partial charge in [-0.2, -0.15) is 0 Å². The van der Waals surface area contributed by atoms with Gasteiger partial charge in [-0.3, -0.25) is 9.59 Å². The summed E-state index contributed by atoms with van der Waals surface area (Å²) in [6, 6.07) is 0.347. The van der Waals surface area contributed by atoms with Crippen molar-refractivity contribution in [2.24, 2.45) is 11.3 Å². The predicted octanol–water partition coefficient (Wildman–Crippen LogP) is 0.862. The first-order valence-electron chi connectivity index (χ1n) is 5.68. The summed E-state index contributed by atoms with van der Waals surface area (Å²) in [4.78, 5) is 25.0. The Balaban J connectivity index is 1.78. The van der Waals surface area contributed by atoms with Crippen LogP contribution in [-0.2, 0) is 9.59 Å². The van der Waals surface area contributed by atoms with Crippen molar-refractivity contribution in [2.45, 2.75) is 38.1 Å². The highest BCUT2D eigenvalue weighted by Gasteiger charge is 2.60. The van der Waals surface area contributed by atoms with Crippen molar-refractivity contribution >= 4 is 11.9 Å². The van der Waals surface area contributed by atoms with Crippen molar-refractivity contribution in [3.05, 3.63) is 0 Å². The van der Waals surface area contributed by atoms with E-state index >= 15 is 0 Å². The lowest BCUT2D eigenvalue weighted by Crippen LogP contribution is -2.44. The average Bonchev–Trinajstić information content (AvgIpc) is 2.77. The Hall–Kier alpha value is -1.06. The third-order valence-electron chi connectivity index (χ3n) is 4.24. The molecule has 3 rings (SSSR count). The minimum atomic E-state index is -1.02. The van der Waals surface area contributed by atoms with Crippen LogP contribution >= 0.6 is 0 Å². The summed E-state index contributed by atoms with van der Waals surface area (Å²) in [5.41, 5.74) is -1.02. The Morgan fingerprint density at radius 3 is 2.40 bits per heavy atom. The summed E-state index contributed by atoms with van der Waals surface area (Å²) >= 11 is 0. The number of rotatable bonds is 2. The summed E-state index contributed by atoms with van der Waals surface area (Å²) < 4.78 is 0. The molecule has 2 aliphatic carbocycles. The number of aliphatic carboxylic acids is 1. The second-order valence-electron chi connectivity index (χ2n) is 5.18. The van der Waals surface area contributed by atoms with Gasteiger partial charge in [-0.1, -0.05) is 0 Å². The predicted molar refractivity (Wildman–Crippen MR) is 52.1 cm³/mol. The summed E-state index contributed by atoms with van der Waals surface area (Å²) in [5.74, 6) is -0.388. The minimum absolute atomic E-state index is 0.109. The van der Waals surface area contributed by atoms with Crippen molar-refractivity contribution in [3.8, 4) is 0 Å². The molecule has 1 heterocycles. The van der Waals surface area contributed by atoms with Gasteiger partial charge in [-0.15, -0.1) is 0 Å². The molecule has 2 saturated carbocycles. The smallest absolute Gasteiger partial charge is 0.319 e. The molecule has 2 unspecified atom stereocenters. The number of hydrogen-bond donors (Lipinski definition) is 1. The van der Waals surface area contributed by atoms with E-state index in [4.69, 9.17) is 5.11 Å². The van der Waals surface area contributed by atoms with E-state index in [1.807, 2.05) is 4.90 Å². The van der Waals surface area contributed by atoms with E-state index in [-0.39, 0.29) is 5.91 Å². The van der Waals surface area contributed by atoms with E-state index < -0.39 is 11.4 Å². The van der Waals surface area contributed by atoms with Crippen LogP contribution in [0.5, 0.6) is 0 Å². The van der Waals surface area contributed by atoms with Crippen LogP contribution in [-0.4, -0.2) is 34.5 Å². The molecule has 2 atom stereocenters. The third kappa shape index (κ3) is 1.13. The van der Waals surface area contributed by atoms with Crippen LogP contribution in [0.1, 0.15) is 32.1 Å². The molecule has 0 aromatic carbocycles. The number of carbonyl (C=O) groups is 2. The van der Waals surface area contributed by atoms with E-state index in [1.54, 1.807) is 0 Å². The van der Waals surface area contributed by atoms with Gasteiger partial charge in [0.05, 0.1) is 0 Å². The quantitative estimate of drug-likeness (QED) is 0.686. The number of amides is 1. The Labute approximate surface area is 88.2 Å². The van der Waals surface area contributed by atoms with E-state index in [2.05, 4.69) is 0 Å². The summed E-state index contributed by atoms with van der Waals surface area (Å²) in [7, 11) is 0. The first-order valence-corrected chi connectivity index (χ1v) is 5.68. The van der Waals surface area contributed by atoms with Gasteiger partial charge >= 0.3 is 5.97 Å². The number of nitrogens with zero attached hydrogens (tertiary/aromatic N) is 1. The normalized spacial score (nSPS) is 35.6. The van der Waals surface area contributed by atoms with E-state index in [0.29, 0.717) is 24.8 Å². The third-order valence-corrected chi connectivity index (χ3v) is 4.24. The first kappa shape index (κ1) is 9.19. The fourth-order valence-electron chi connectivity index (χ4n) is 3.09. The number of likely N-dealkylation sites (tertiary alicyclic amines) is 1. The molecule has 0 aromatic heterocycles. The molecular weight excluding hydrogens is 194 g/mol. The molecular formula is C11H15NO3. The van der Waals surface area contributed by atoms with Crippen LogP contribution in [0, 0.1) is 11.3 Å². The number of carbonyl (C=O) groups excluding carboxylic acids is 1. The summed E-state index contributed by atoms with van der Waals surface area (Å²) in [6.07, 6.45) is 4.46. The number of piperidine rings is 1. The zero-order valence-corrected chi connectivity index (χ0v) is 8.61. The standard InChI is InChI=1S/C11H15NO3/c13-9(11(3-4-11)10(14)15)12-6-7-1-2-8(12)5-7/h7-8H,1-6H2,(H,14,15). The maximum absolute atomic E-state index is 12.1. The van der Waals surface area contributed by atoms with Crippen LogP contribution in [0.25, 0.3) is 0 Å². The lowest BCUT2D eigenvalue weighted by molar-refractivity contribution is -0.154. The molecule has 1 aliphatic heterocycles. The number of fused-ring (bicyclic) bond motifs is 2. The average molecular weight is 209 g/mol. The molecule has 3 aliphatic rings. The monoisotopic (exact) mass is 209 g/mol. The molecule has 15 heavy (non-hydrogen) atoms. The molecule has 3 fully saturated rings. The van der Waals surface area contributed by atoms with Crippen molar-refractivity contribution < 1.29 is 14.7 Å². The molecule has 2 bridgehead atoms. The van der Waals surface area contributed by atoms with Gasteiger partial charge in [0, 0.05) is 12.6 Å². The van der Waals surface area contributed by atoms with Gasteiger partial charge < -0.3 is 10.0 Å². The van der Waals surface area contributed by atoms with E-state index in [1.165, 1.54) is 6.42 Å². The molecule has 1 amide bonds. The van der Waals surface area contributed by atoms with Crippen molar-refractivity contribution in [3.63, 3.8) is 0 Å². The first-order chi connectivity index (χ1) is 7.13. The lowest BCUT2D eigenvalue weighted by atomic mass is 10.0. The Bertz CT molecular complexity index is 335. The van der Waals surface area contributed by atoms with Gasteiger partial charge in [0.15, 0.2) is 0 Å². The maximum Gasteiger partial charge on any atom is 0.319 e.